The summed E-state index contributed by atoms with van der Waals surface area (Å²) < 4.78 is 0. The Kier molecular flexibility index (Phi) is 4.22. The van der Waals surface area contributed by atoms with Crippen LogP contribution < -0.4 is 10.6 Å². The molecule has 1 rings (SSSR count). The molecule has 1 saturated carbocycles. The molecule has 1 atom stereocenters. The van der Waals surface area contributed by atoms with Crippen LogP contribution in [0.3, 0.4) is 0 Å². The Hall–Kier alpha value is -0.570. The minimum atomic E-state index is 0.132. The summed E-state index contributed by atoms with van der Waals surface area (Å²) in [7, 11) is 0. The second-order valence-corrected chi connectivity index (χ2v) is 3.94. The standard InChI is InChI=1S/C10H20N2O/c1-3-8(2)11-7-10(13)12-6-9-4-5-9/h8-9,11H,3-7H2,1-2H3,(H,12,13). The number of amides is 1. The van der Waals surface area contributed by atoms with Gasteiger partial charge in [-0.15, -0.1) is 0 Å². The lowest BCUT2D eigenvalue weighted by atomic mass is 10.2. The number of rotatable bonds is 6. The molecule has 0 heterocycles. The first-order valence-electron chi connectivity index (χ1n) is 5.22. The molecule has 3 nitrogen and oxygen atoms in total. The van der Waals surface area contributed by atoms with Gasteiger partial charge in [0.15, 0.2) is 0 Å². The van der Waals surface area contributed by atoms with Gasteiger partial charge in [-0.2, -0.15) is 0 Å². The fourth-order valence-corrected chi connectivity index (χ4v) is 1.05. The monoisotopic (exact) mass is 184 g/mol. The van der Waals surface area contributed by atoms with Crippen LogP contribution in [0.15, 0.2) is 0 Å². The molecule has 0 aromatic rings. The molecule has 0 bridgehead atoms. The van der Waals surface area contributed by atoms with E-state index in [9.17, 15) is 4.79 Å². The molecule has 1 aliphatic carbocycles. The van der Waals surface area contributed by atoms with Crippen LogP contribution in [-0.4, -0.2) is 25.0 Å². The van der Waals surface area contributed by atoms with Gasteiger partial charge in [0.2, 0.25) is 5.91 Å². The summed E-state index contributed by atoms with van der Waals surface area (Å²) in [5.74, 6) is 0.903. The third kappa shape index (κ3) is 4.88. The minimum Gasteiger partial charge on any atom is -0.355 e. The number of carbonyl (C=O) groups is 1. The smallest absolute Gasteiger partial charge is 0.233 e. The highest BCUT2D eigenvalue weighted by molar-refractivity contribution is 5.78. The highest BCUT2D eigenvalue weighted by Gasteiger charge is 2.21. The van der Waals surface area contributed by atoms with Gasteiger partial charge in [-0.3, -0.25) is 4.79 Å². The van der Waals surface area contributed by atoms with Crippen LogP contribution in [0.25, 0.3) is 0 Å². The first-order valence-corrected chi connectivity index (χ1v) is 5.22. The number of hydrogen-bond acceptors (Lipinski definition) is 2. The lowest BCUT2D eigenvalue weighted by Crippen LogP contribution is -2.38. The lowest BCUT2D eigenvalue weighted by molar-refractivity contribution is -0.120. The fourth-order valence-electron chi connectivity index (χ4n) is 1.05. The van der Waals surface area contributed by atoms with Crippen molar-refractivity contribution in [2.45, 2.75) is 39.2 Å². The predicted octanol–water partition coefficient (Wildman–Crippen LogP) is 0.901. The van der Waals surface area contributed by atoms with E-state index in [1.807, 2.05) is 0 Å². The average molecular weight is 184 g/mol. The van der Waals surface area contributed by atoms with E-state index in [1.54, 1.807) is 0 Å². The van der Waals surface area contributed by atoms with Gasteiger partial charge < -0.3 is 10.6 Å². The largest absolute Gasteiger partial charge is 0.355 e. The van der Waals surface area contributed by atoms with Gasteiger partial charge in [0.1, 0.15) is 0 Å². The Labute approximate surface area is 80.3 Å². The van der Waals surface area contributed by atoms with E-state index in [4.69, 9.17) is 0 Å². The zero-order valence-electron chi connectivity index (χ0n) is 8.60. The second kappa shape index (κ2) is 5.22. The Balaban J connectivity index is 1.96. The van der Waals surface area contributed by atoms with Gasteiger partial charge in [0, 0.05) is 12.6 Å². The van der Waals surface area contributed by atoms with Crippen molar-refractivity contribution < 1.29 is 4.79 Å². The molecule has 1 unspecified atom stereocenters. The van der Waals surface area contributed by atoms with Crippen LogP contribution in [0.4, 0.5) is 0 Å². The molecule has 13 heavy (non-hydrogen) atoms. The highest BCUT2D eigenvalue weighted by Crippen LogP contribution is 2.27. The van der Waals surface area contributed by atoms with Crippen molar-refractivity contribution in [2.75, 3.05) is 13.1 Å². The molecule has 0 aromatic carbocycles. The molecule has 0 aromatic heterocycles. The minimum absolute atomic E-state index is 0.132. The second-order valence-electron chi connectivity index (χ2n) is 3.94. The molecule has 0 aliphatic heterocycles. The van der Waals surface area contributed by atoms with Gasteiger partial charge in [-0.05, 0) is 32.1 Å². The highest BCUT2D eigenvalue weighted by atomic mass is 16.1. The molecule has 76 valence electrons. The summed E-state index contributed by atoms with van der Waals surface area (Å²) >= 11 is 0. The molecule has 0 saturated heterocycles. The van der Waals surface area contributed by atoms with Crippen molar-refractivity contribution in [3.05, 3.63) is 0 Å². The first kappa shape index (κ1) is 10.5. The predicted molar refractivity (Wildman–Crippen MR) is 53.5 cm³/mol. The summed E-state index contributed by atoms with van der Waals surface area (Å²) in [5.41, 5.74) is 0. The number of nitrogens with one attached hydrogen (secondary N) is 2. The number of hydrogen-bond donors (Lipinski definition) is 2. The summed E-state index contributed by atoms with van der Waals surface area (Å²) in [6.07, 6.45) is 3.65. The zero-order valence-corrected chi connectivity index (χ0v) is 8.60. The van der Waals surface area contributed by atoms with Crippen molar-refractivity contribution in [1.82, 2.24) is 10.6 Å². The van der Waals surface area contributed by atoms with E-state index in [2.05, 4.69) is 24.5 Å². The summed E-state index contributed by atoms with van der Waals surface area (Å²) in [6.45, 7) is 5.54. The average Bonchev–Trinajstić information content (AvgIpc) is 2.94. The molecule has 2 N–H and O–H groups in total. The van der Waals surface area contributed by atoms with Crippen molar-refractivity contribution >= 4 is 5.91 Å². The maximum absolute atomic E-state index is 11.2. The number of carbonyl (C=O) groups excluding carboxylic acids is 1. The Morgan fingerprint density at radius 2 is 2.23 bits per heavy atom. The van der Waals surface area contributed by atoms with Crippen molar-refractivity contribution in [3.63, 3.8) is 0 Å². The van der Waals surface area contributed by atoms with E-state index >= 15 is 0 Å². The van der Waals surface area contributed by atoms with Gasteiger partial charge in [0.25, 0.3) is 0 Å². The zero-order chi connectivity index (χ0) is 9.68. The SMILES string of the molecule is CCC(C)NCC(=O)NCC1CC1. The summed E-state index contributed by atoms with van der Waals surface area (Å²) in [4.78, 5) is 11.2. The van der Waals surface area contributed by atoms with E-state index in [0.29, 0.717) is 12.6 Å². The van der Waals surface area contributed by atoms with Crippen molar-refractivity contribution in [2.24, 2.45) is 5.92 Å². The van der Waals surface area contributed by atoms with Crippen LogP contribution in [0.2, 0.25) is 0 Å². The molecule has 1 fully saturated rings. The molecular weight excluding hydrogens is 164 g/mol. The molecule has 0 radical (unpaired) electrons. The van der Waals surface area contributed by atoms with Crippen LogP contribution in [0, 0.1) is 5.92 Å². The van der Waals surface area contributed by atoms with Gasteiger partial charge >= 0.3 is 0 Å². The van der Waals surface area contributed by atoms with E-state index in [-0.39, 0.29) is 5.91 Å². The molecule has 1 amide bonds. The van der Waals surface area contributed by atoms with Crippen LogP contribution in [-0.2, 0) is 4.79 Å². The Morgan fingerprint density at radius 3 is 2.77 bits per heavy atom. The molecule has 3 heteroatoms. The van der Waals surface area contributed by atoms with Gasteiger partial charge in [0.05, 0.1) is 6.54 Å². The fraction of sp³-hybridized carbons (Fsp3) is 0.900. The Bertz CT molecular complexity index is 166. The first-order chi connectivity index (χ1) is 6.22. The van der Waals surface area contributed by atoms with E-state index in [0.717, 1.165) is 18.9 Å². The van der Waals surface area contributed by atoms with Crippen LogP contribution in [0.1, 0.15) is 33.1 Å². The van der Waals surface area contributed by atoms with E-state index in [1.165, 1.54) is 12.8 Å². The maximum Gasteiger partial charge on any atom is 0.233 e. The third-order valence-electron chi connectivity index (χ3n) is 2.51. The van der Waals surface area contributed by atoms with Crippen LogP contribution in [0.5, 0.6) is 0 Å². The quantitative estimate of drug-likeness (QED) is 0.644. The van der Waals surface area contributed by atoms with Crippen molar-refractivity contribution in [3.8, 4) is 0 Å². The summed E-state index contributed by atoms with van der Waals surface area (Å²) in [6, 6.07) is 0.437. The molecule has 1 aliphatic rings. The van der Waals surface area contributed by atoms with Gasteiger partial charge in [-0.25, -0.2) is 0 Å². The normalized spacial score (nSPS) is 18.3. The molecular formula is C10H20N2O. The van der Waals surface area contributed by atoms with Crippen LogP contribution >= 0.6 is 0 Å². The van der Waals surface area contributed by atoms with E-state index < -0.39 is 0 Å². The molecule has 0 spiro atoms. The topological polar surface area (TPSA) is 41.1 Å². The van der Waals surface area contributed by atoms with Crippen molar-refractivity contribution in [1.29, 1.82) is 0 Å². The Morgan fingerprint density at radius 1 is 1.54 bits per heavy atom. The maximum atomic E-state index is 11.2. The third-order valence-corrected chi connectivity index (χ3v) is 2.51. The lowest BCUT2D eigenvalue weighted by Gasteiger charge is -2.10. The summed E-state index contributed by atoms with van der Waals surface area (Å²) in [5, 5.41) is 6.09. The van der Waals surface area contributed by atoms with Gasteiger partial charge in [-0.1, -0.05) is 6.92 Å².